The normalized spacial score (nSPS) is 29.6. The van der Waals surface area contributed by atoms with Crippen LogP contribution in [0.3, 0.4) is 0 Å². The number of carboxylic acids is 1. The van der Waals surface area contributed by atoms with E-state index < -0.39 is 54.3 Å². The maximum atomic E-state index is 12.2. The summed E-state index contributed by atoms with van der Waals surface area (Å²) in [7, 11) is 2.39. The van der Waals surface area contributed by atoms with E-state index in [1.807, 2.05) is 4.98 Å². The number of nitrogens with zero attached hydrogens (tertiary/aromatic N) is 1. The lowest BCUT2D eigenvalue weighted by molar-refractivity contribution is -0.178. The Bertz CT molecular complexity index is 727. The van der Waals surface area contributed by atoms with Crippen molar-refractivity contribution < 1.29 is 34.3 Å². The molecule has 0 amide bonds. The Morgan fingerprint density at radius 2 is 2.12 bits per heavy atom. The van der Waals surface area contributed by atoms with Gasteiger partial charge in [-0.25, -0.2) is 4.79 Å². The lowest BCUT2D eigenvalue weighted by Crippen LogP contribution is -2.53. The van der Waals surface area contributed by atoms with Gasteiger partial charge in [-0.2, -0.15) is 0 Å². The number of H-pyrrole nitrogens is 1. The molecule has 11 nitrogen and oxygen atoms in total. The molecule has 0 unspecified atom stereocenters. The topological polar surface area (TPSA) is 160 Å². The molecule has 1 aliphatic rings. The number of ether oxygens (including phenoxy) is 3. The highest BCUT2D eigenvalue weighted by Gasteiger charge is 2.58. The van der Waals surface area contributed by atoms with Crippen molar-refractivity contribution in [1.29, 1.82) is 0 Å². The van der Waals surface area contributed by atoms with Crippen LogP contribution in [-0.2, 0) is 20.0 Å². The van der Waals surface area contributed by atoms with Gasteiger partial charge in [-0.1, -0.05) is 0 Å². The number of methoxy groups -OCH3 is 2. The van der Waals surface area contributed by atoms with Crippen molar-refractivity contribution in [2.45, 2.75) is 30.5 Å². The molecule has 2 rings (SSSR count). The summed E-state index contributed by atoms with van der Waals surface area (Å²) in [5.41, 5.74) is -3.77. The van der Waals surface area contributed by atoms with Gasteiger partial charge >= 0.3 is 11.7 Å². The number of carboxylic acid groups (broad SMARTS) is 1. The van der Waals surface area contributed by atoms with Gasteiger partial charge in [0, 0.05) is 7.11 Å². The zero-order valence-electron chi connectivity index (χ0n) is 13.0. The molecule has 0 bridgehead atoms. The molecule has 1 saturated heterocycles. The zero-order valence-corrected chi connectivity index (χ0v) is 13.0. The molecule has 2 heterocycles. The Kier molecular flexibility index (Phi) is 5.08. The Labute approximate surface area is 135 Å². The first-order valence-electron chi connectivity index (χ1n) is 6.92. The summed E-state index contributed by atoms with van der Waals surface area (Å²) in [4.78, 5) is 37.2. The van der Waals surface area contributed by atoms with Gasteiger partial charge in [-0.3, -0.25) is 19.1 Å². The molecular weight excluding hydrogens is 328 g/mol. The van der Waals surface area contributed by atoms with Gasteiger partial charge in [-0.05, 0) is 0 Å². The van der Waals surface area contributed by atoms with E-state index in [2.05, 4.69) is 0 Å². The Morgan fingerprint density at radius 1 is 1.46 bits per heavy atom. The third kappa shape index (κ3) is 2.82. The first kappa shape index (κ1) is 18.1. The van der Waals surface area contributed by atoms with Crippen LogP contribution in [0.25, 0.3) is 0 Å². The number of aliphatic carboxylic acids is 1. The largest absolute Gasteiger partial charge is 0.490 e. The van der Waals surface area contributed by atoms with E-state index in [0.29, 0.717) is 0 Å². The highest BCUT2D eigenvalue weighted by atomic mass is 16.6. The highest BCUT2D eigenvalue weighted by Crippen LogP contribution is 2.39. The van der Waals surface area contributed by atoms with E-state index in [-0.39, 0.29) is 5.75 Å². The number of carbonyl (C=O) groups is 1. The maximum Gasteiger partial charge on any atom is 0.331 e. The minimum absolute atomic E-state index is 0.264. The fourth-order valence-electron chi connectivity index (χ4n) is 2.85. The highest BCUT2D eigenvalue weighted by molar-refractivity contribution is 5.68. The molecule has 4 atom stereocenters. The number of rotatable bonds is 6. The minimum atomic E-state index is -1.98. The quantitative estimate of drug-likeness (QED) is 0.434. The van der Waals surface area contributed by atoms with Crippen molar-refractivity contribution in [2.24, 2.45) is 0 Å². The van der Waals surface area contributed by atoms with Gasteiger partial charge in [0.2, 0.25) is 5.75 Å². The monoisotopic (exact) mass is 346 g/mol. The number of hydrogen-bond donors (Lipinski definition) is 4. The number of aromatic amines is 1. The van der Waals surface area contributed by atoms with Crippen molar-refractivity contribution in [3.8, 4) is 5.75 Å². The van der Waals surface area contributed by atoms with Crippen molar-refractivity contribution in [2.75, 3.05) is 20.8 Å². The third-order valence-electron chi connectivity index (χ3n) is 3.87. The fraction of sp³-hybridized carbons (Fsp3) is 0.615. The molecule has 0 spiro atoms. The Morgan fingerprint density at radius 3 is 2.62 bits per heavy atom. The second-order valence-electron chi connectivity index (χ2n) is 5.23. The van der Waals surface area contributed by atoms with Crippen molar-refractivity contribution in [3.63, 3.8) is 0 Å². The van der Waals surface area contributed by atoms with E-state index in [9.17, 15) is 29.7 Å². The van der Waals surface area contributed by atoms with Crippen LogP contribution < -0.4 is 16.0 Å². The number of nitrogens with one attached hydrogen (secondary N) is 1. The van der Waals surface area contributed by atoms with Gasteiger partial charge in [-0.15, -0.1) is 0 Å². The summed E-state index contributed by atoms with van der Waals surface area (Å²) in [6.07, 6.45) is -3.67. The molecule has 24 heavy (non-hydrogen) atoms. The average molecular weight is 346 g/mol. The second kappa shape index (κ2) is 6.73. The van der Waals surface area contributed by atoms with Crippen LogP contribution in [0.2, 0.25) is 0 Å². The molecule has 134 valence electrons. The Hall–Kier alpha value is -2.21. The first-order chi connectivity index (χ1) is 11.3. The van der Waals surface area contributed by atoms with Crippen LogP contribution in [0.15, 0.2) is 15.8 Å². The molecule has 0 saturated carbocycles. The van der Waals surface area contributed by atoms with Crippen molar-refractivity contribution in [1.82, 2.24) is 9.55 Å². The van der Waals surface area contributed by atoms with Gasteiger partial charge in [0.25, 0.3) is 5.56 Å². The van der Waals surface area contributed by atoms with Crippen molar-refractivity contribution >= 4 is 5.97 Å². The first-order valence-corrected chi connectivity index (χ1v) is 6.92. The molecule has 1 aromatic heterocycles. The standard InChI is InChI=1S/C13H18N2O9/c1-22-6-4-15(12(21)14-11(6)20)13(3-8(17)18)10(23-2)9(19)7(5-16)24-13/h4,7,9-10,16,19H,3,5H2,1-2H3,(H,17,18)(H,14,20,21)/t7-,9-,10-,13-/m1/s1. The third-order valence-corrected chi connectivity index (χ3v) is 3.87. The molecule has 1 aromatic rings. The summed E-state index contributed by atoms with van der Waals surface area (Å²) >= 11 is 0. The van der Waals surface area contributed by atoms with Crippen LogP contribution in [0.4, 0.5) is 0 Å². The summed E-state index contributed by atoms with van der Waals surface area (Å²) in [6.45, 7) is -0.627. The molecule has 0 aromatic carbocycles. The molecule has 1 aliphatic heterocycles. The lowest BCUT2D eigenvalue weighted by atomic mass is 9.98. The zero-order chi connectivity index (χ0) is 18.1. The predicted octanol–water partition coefficient (Wildman–Crippen LogP) is -2.56. The van der Waals surface area contributed by atoms with Gasteiger partial charge < -0.3 is 29.5 Å². The molecular formula is C13H18N2O9. The van der Waals surface area contributed by atoms with E-state index in [4.69, 9.17) is 14.2 Å². The fourth-order valence-corrected chi connectivity index (χ4v) is 2.85. The minimum Gasteiger partial charge on any atom is -0.490 e. The van der Waals surface area contributed by atoms with Gasteiger partial charge in [0.05, 0.1) is 26.3 Å². The summed E-state index contributed by atoms with van der Waals surface area (Å²) < 4.78 is 16.3. The summed E-state index contributed by atoms with van der Waals surface area (Å²) in [6, 6.07) is 0. The van der Waals surface area contributed by atoms with Crippen molar-refractivity contribution in [3.05, 3.63) is 27.0 Å². The predicted molar refractivity (Wildman–Crippen MR) is 76.9 cm³/mol. The molecule has 1 fully saturated rings. The van der Waals surface area contributed by atoms with Gasteiger partial charge in [0.15, 0.2) is 5.72 Å². The second-order valence-corrected chi connectivity index (χ2v) is 5.23. The maximum absolute atomic E-state index is 12.2. The molecule has 0 aliphatic carbocycles. The molecule has 0 radical (unpaired) electrons. The van der Waals surface area contributed by atoms with Gasteiger partial charge in [0.1, 0.15) is 18.3 Å². The van der Waals surface area contributed by atoms with E-state index in [0.717, 1.165) is 10.8 Å². The summed E-state index contributed by atoms with van der Waals surface area (Å²) in [5.74, 6) is -1.61. The Balaban J connectivity index is 2.72. The van der Waals surface area contributed by atoms with E-state index in [1.54, 1.807) is 0 Å². The number of aliphatic hydroxyl groups excluding tert-OH is 2. The van der Waals surface area contributed by atoms with E-state index >= 15 is 0 Å². The molecule has 11 heteroatoms. The van der Waals surface area contributed by atoms with Crippen LogP contribution in [0.5, 0.6) is 5.75 Å². The average Bonchev–Trinajstić information content (AvgIpc) is 2.78. The van der Waals surface area contributed by atoms with Crippen LogP contribution in [0, 0.1) is 0 Å². The van der Waals surface area contributed by atoms with Crippen LogP contribution >= 0.6 is 0 Å². The SMILES string of the molecule is COc1cn([C@]2(CC(=O)O)O[C@H](CO)[C@@H](O)[C@H]2OC)c(=O)[nH]c1=O. The number of aromatic nitrogens is 2. The van der Waals surface area contributed by atoms with Crippen LogP contribution in [0.1, 0.15) is 6.42 Å². The van der Waals surface area contributed by atoms with E-state index in [1.165, 1.54) is 14.2 Å². The summed E-state index contributed by atoms with van der Waals surface area (Å²) in [5, 5.41) is 28.8. The number of hydrogen-bond acceptors (Lipinski definition) is 8. The lowest BCUT2D eigenvalue weighted by Gasteiger charge is -2.34. The number of aliphatic hydroxyl groups is 2. The molecule has 4 N–H and O–H groups in total. The smallest absolute Gasteiger partial charge is 0.331 e. The van der Waals surface area contributed by atoms with Crippen LogP contribution in [-0.4, -0.2) is 70.0 Å².